The average Bonchev–Trinajstić information content (AvgIpc) is 2.69. The van der Waals surface area contributed by atoms with Crippen LogP contribution in [0.25, 0.3) is 0 Å². The zero-order valence-electron chi connectivity index (χ0n) is 10.6. The van der Waals surface area contributed by atoms with E-state index in [-0.39, 0.29) is 18.0 Å². The van der Waals surface area contributed by atoms with Crippen molar-refractivity contribution >= 4 is 5.91 Å². The van der Waals surface area contributed by atoms with E-state index in [2.05, 4.69) is 5.32 Å². The molecule has 0 saturated heterocycles. The van der Waals surface area contributed by atoms with Crippen LogP contribution in [0.1, 0.15) is 38.9 Å². The molecule has 96 valence electrons. The monoisotopic (exact) mass is 238 g/mol. The maximum atomic E-state index is 11.6. The van der Waals surface area contributed by atoms with Gasteiger partial charge in [-0.15, -0.1) is 0 Å². The molecule has 1 aromatic heterocycles. The van der Waals surface area contributed by atoms with Gasteiger partial charge in [0.05, 0.1) is 6.26 Å². The summed E-state index contributed by atoms with van der Waals surface area (Å²) in [6, 6.07) is 4.04. The van der Waals surface area contributed by atoms with E-state index in [0.717, 1.165) is 25.0 Å². The first-order valence-corrected chi connectivity index (χ1v) is 6.15. The Balaban J connectivity index is 2.17. The molecule has 0 aliphatic heterocycles. The molecule has 3 N–H and O–H groups in total. The summed E-state index contributed by atoms with van der Waals surface area (Å²) in [5.41, 5.74) is 5.63. The van der Waals surface area contributed by atoms with Crippen molar-refractivity contribution in [2.75, 3.05) is 0 Å². The van der Waals surface area contributed by atoms with Gasteiger partial charge in [-0.3, -0.25) is 4.79 Å². The van der Waals surface area contributed by atoms with Gasteiger partial charge in [-0.25, -0.2) is 0 Å². The van der Waals surface area contributed by atoms with Crippen molar-refractivity contribution in [3.63, 3.8) is 0 Å². The van der Waals surface area contributed by atoms with E-state index in [9.17, 15) is 4.79 Å². The number of carbonyl (C=O) groups excluding carboxylic acids is 1. The second kappa shape index (κ2) is 7.12. The van der Waals surface area contributed by atoms with Gasteiger partial charge in [-0.2, -0.15) is 0 Å². The van der Waals surface area contributed by atoms with E-state index in [0.29, 0.717) is 6.42 Å². The van der Waals surface area contributed by atoms with Crippen LogP contribution < -0.4 is 11.1 Å². The Morgan fingerprint density at radius 2 is 2.29 bits per heavy atom. The molecule has 0 bridgehead atoms. The van der Waals surface area contributed by atoms with Crippen LogP contribution in [0.3, 0.4) is 0 Å². The van der Waals surface area contributed by atoms with Gasteiger partial charge >= 0.3 is 0 Å². The van der Waals surface area contributed by atoms with Crippen LogP contribution in [0.5, 0.6) is 0 Å². The van der Waals surface area contributed by atoms with E-state index < -0.39 is 0 Å². The molecule has 4 heteroatoms. The number of furan rings is 1. The molecule has 0 spiro atoms. The van der Waals surface area contributed by atoms with Crippen LogP contribution in [-0.4, -0.2) is 18.0 Å². The normalized spacial score (nSPS) is 14.3. The van der Waals surface area contributed by atoms with Gasteiger partial charge in [-0.05, 0) is 38.8 Å². The van der Waals surface area contributed by atoms with Crippen molar-refractivity contribution in [1.29, 1.82) is 0 Å². The third kappa shape index (κ3) is 6.12. The van der Waals surface area contributed by atoms with E-state index in [1.54, 1.807) is 6.26 Å². The SMILES string of the molecule is CC(N)CCCC(=O)NC(C)Cc1ccco1. The topological polar surface area (TPSA) is 68.3 Å². The van der Waals surface area contributed by atoms with Crippen LogP contribution in [0.2, 0.25) is 0 Å². The molecule has 0 fully saturated rings. The fourth-order valence-corrected chi connectivity index (χ4v) is 1.71. The molecular weight excluding hydrogens is 216 g/mol. The summed E-state index contributed by atoms with van der Waals surface area (Å²) in [6.45, 7) is 3.93. The molecular formula is C13H22N2O2. The molecule has 0 saturated carbocycles. The van der Waals surface area contributed by atoms with E-state index in [1.807, 2.05) is 26.0 Å². The van der Waals surface area contributed by atoms with E-state index >= 15 is 0 Å². The highest BCUT2D eigenvalue weighted by Crippen LogP contribution is 2.04. The first-order valence-electron chi connectivity index (χ1n) is 6.15. The van der Waals surface area contributed by atoms with Gasteiger partial charge in [0.15, 0.2) is 0 Å². The summed E-state index contributed by atoms with van der Waals surface area (Å²) in [4.78, 5) is 11.6. The van der Waals surface area contributed by atoms with Crippen molar-refractivity contribution in [3.05, 3.63) is 24.2 Å². The molecule has 2 unspecified atom stereocenters. The van der Waals surface area contributed by atoms with Gasteiger partial charge in [0.2, 0.25) is 5.91 Å². The van der Waals surface area contributed by atoms with Crippen LogP contribution >= 0.6 is 0 Å². The first kappa shape index (κ1) is 13.8. The second-order valence-corrected chi connectivity index (χ2v) is 4.62. The summed E-state index contributed by atoms with van der Waals surface area (Å²) in [6.07, 6.45) is 4.65. The van der Waals surface area contributed by atoms with Crippen molar-refractivity contribution in [2.45, 2.75) is 51.6 Å². The van der Waals surface area contributed by atoms with Crippen molar-refractivity contribution < 1.29 is 9.21 Å². The van der Waals surface area contributed by atoms with E-state index in [1.165, 1.54) is 0 Å². The lowest BCUT2D eigenvalue weighted by Gasteiger charge is -2.12. The van der Waals surface area contributed by atoms with Gasteiger partial charge in [0.25, 0.3) is 0 Å². The van der Waals surface area contributed by atoms with Crippen molar-refractivity contribution in [2.24, 2.45) is 5.73 Å². The highest BCUT2D eigenvalue weighted by Gasteiger charge is 2.09. The van der Waals surface area contributed by atoms with Crippen molar-refractivity contribution in [1.82, 2.24) is 5.32 Å². The Bertz CT molecular complexity index is 320. The number of nitrogens with one attached hydrogen (secondary N) is 1. The lowest BCUT2D eigenvalue weighted by molar-refractivity contribution is -0.121. The standard InChI is InChI=1S/C13H22N2O2/c1-10(14)5-3-7-13(16)15-11(2)9-12-6-4-8-17-12/h4,6,8,10-11H,3,5,7,9,14H2,1-2H3,(H,15,16). The third-order valence-corrected chi connectivity index (χ3v) is 2.56. The molecule has 1 rings (SSSR count). The minimum absolute atomic E-state index is 0.0877. The van der Waals surface area contributed by atoms with Gasteiger partial charge in [0.1, 0.15) is 5.76 Å². The highest BCUT2D eigenvalue weighted by atomic mass is 16.3. The van der Waals surface area contributed by atoms with Crippen molar-refractivity contribution in [3.8, 4) is 0 Å². The number of hydrogen-bond acceptors (Lipinski definition) is 3. The predicted molar refractivity (Wildman–Crippen MR) is 67.5 cm³/mol. The summed E-state index contributed by atoms with van der Waals surface area (Å²) in [5.74, 6) is 0.984. The lowest BCUT2D eigenvalue weighted by Crippen LogP contribution is -2.34. The number of carbonyl (C=O) groups is 1. The molecule has 1 aromatic rings. The molecule has 17 heavy (non-hydrogen) atoms. The van der Waals surface area contributed by atoms with Crippen LogP contribution in [-0.2, 0) is 11.2 Å². The van der Waals surface area contributed by atoms with Gasteiger partial charge < -0.3 is 15.5 Å². The average molecular weight is 238 g/mol. The Morgan fingerprint density at radius 1 is 1.53 bits per heavy atom. The Labute approximate surface area is 103 Å². The third-order valence-electron chi connectivity index (χ3n) is 2.56. The summed E-state index contributed by atoms with van der Waals surface area (Å²) in [7, 11) is 0. The fourth-order valence-electron chi connectivity index (χ4n) is 1.71. The molecule has 0 radical (unpaired) electrons. The highest BCUT2D eigenvalue weighted by molar-refractivity contribution is 5.76. The zero-order chi connectivity index (χ0) is 12.7. The first-order chi connectivity index (χ1) is 8.08. The minimum Gasteiger partial charge on any atom is -0.469 e. The quantitative estimate of drug-likeness (QED) is 0.761. The summed E-state index contributed by atoms with van der Waals surface area (Å²) >= 11 is 0. The maximum absolute atomic E-state index is 11.6. The summed E-state index contributed by atoms with van der Waals surface area (Å²) < 4.78 is 5.23. The smallest absolute Gasteiger partial charge is 0.220 e. The second-order valence-electron chi connectivity index (χ2n) is 4.62. The lowest BCUT2D eigenvalue weighted by atomic mass is 10.1. The van der Waals surface area contributed by atoms with Crippen LogP contribution in [0.4, 0.5) is 0 Å². The molecule has 1 heterocycles. The number of amides is 1. The van der Waals surface area contributed by atoms with Crippen LogP contribution in [0.15, 0.2) is 22.8 Å². The number of rotatable bonds is 7. The van der Waals surface area contributed by atoms with Gasteiger partial charge in [-0.1, -0.05) is 0 Å². The maximum Gasteiger partial charge on any atom is 0.220 e. The summed E-state index contributed by atoms with van der Waals surface area (Å²) in [5, 5.41) is 2.95. The molecule has 0 aliphatic carbocycles. The fraction of sp³-hybridized carbons (Fsp3) is 0.615. The van der Waals surface area contributed by atoms with E-state index in [4.69, 9.17) is 10.2 Å². The number of nitrogens with two attached hydrogens (primary N) is 1. The predicted octanol–water partition coefficient (Wildman–Crippen LogP) is 1.84. The molecule has 4 nitrogen and oxygen atoms in total. The molecule has 2 atom stereocenters. The largest absolute Gasteiger partial charge is 0.469 e. The molecule has 0 aliphatic rings. The van der Waals surface area contributed by atoms with Crippen LogP contribution in [0, 0.1) is 0 Å². The van der Waals surface area contributed by atoms with Gasteiger partial charge in [0, 0.05) is 24.9 Å². The molecule has 1 amide bonds. The molecule has 0 aromatic carbocycles. The minimum atomic E-state index is 0.0877. The zero-order valence-corrected chi connectivity index (χ0v) is 10.6. The Morgan fingerprint density at radius 3 is 2.88 bits per heavy atom. The number of hydrogen-bond donors (Lipinski definition) is 2. The Kier molecular flexibility index (Phi) is 5.77. The Hall–Kier alpha value is -1.29.